The van der Waals surface area contributed by atoms with E-state index in [4.69, 9.17) is 0 Å². The van der Waals surface area contributed by atoms with Gasteiger partial charge in [0.1, 0.15) is 0 Å². The van der Waals surface area contributed by atoms with Gasteiger partial charge in [0, 0.05) is 0 Å². The maximum Gasteiger partial charge on any atom is 0.310 e. The molecule has 18 heavy (non-hydrogen) atoms. The van der Waals surface area contributed by atoms with E-state index in [1.807, 2.05) is 0 Å². The number of carboxylic acids is 1. The molecule has 2 nitrogen and oxygen atoms in total. The Morgan fingerprint density at radius 2 is 1.44 bits per heavy atom. The molecule has 0 saturated heterocycles. The second-order valence-electron chi connectivity index (χ2n) is 6.54. The maximum absolute atomic E-state index is 12.1. The van der Waals surface area contributed by atoms with Gasteiger partial charge < -0.3 is 5.11 Å². The van der Waals surface area contributed by atoms with Crippen LogP contribution in [-0.4, -0.2) is 11.1 Å². The van der Waals surface area contributed by atoms with Crippen molar-refractivity contribution in [3.63, 3.8) is 0 Å². The molecule has 0 aromatic heterocycles. The first-order valence-electron chi connectivity index (χ1n) is 7.90. The third kappa shape index (κ3) is 2.19. The summed E-state index contributed by atoms with van der Waals surface area (Å²) in [6.07, 6.45) is 13.7. The first-order valence-corrected chi connectivity index (χ1v) is 7.90. The van der Waals surface area contributed by atoms with Crippen LogP contribution in [0.2, 0.25) is 0 Å². The molecule has 0 radical (unpaired) electrons. The lowest BCUT2D eigenvalue weighted by Crippen LogP contribution is -2.50. The van der Waals surface area contributed by atoms with Gasteiger partial charge in [-0.3, -0.25) is 4.79 Å². The summed E-state index contributed by atoms with van der Waals surface area (Å²) in [6.45, 7) is 2.22. The van der Waals surface area contributed by atoms with Crippen molar-refractivity contribution in [2.45, 2.75) is 84.0 Å². The molecule has 0 bridgehead atoms. The third-order valence-corrected chi connectivity index (χ3v) is 5.67. The zero-order valence-electron chi connectivity index (χ0n) is 11.8. The van der Waals surface area contributed by atoms with Crippen LogP contribution in [0.5, 0.6) is 0 Å². The zero-order chi connectivity index (χ0) is 13.1. The Kier molecular flexibility index (Phi) is 4.34. The lowest BCUT2D eigenvalue weighted by Gasteiger charge is -2.52. The van der Waals surface area contributed by atoms with Gasteiger partial charge in [0.05, 0.1) is 5.41 Å². The molecule has 2 heteroatoms. The van der Waals surface area contributed by atoms with Crippen LogP contribution in [0.4, 0.5) is 0 Å². The highest BCUT2D eigenvalue weighted by atomic mass is 16.4. The van der Waals surface area contributed by atoms with Crippen molar-refractivity contribution in [2.24, 2.45) is 10.8 Å². The number of rotatable bonds is 4. The number of carboxylic acid groups (broad SMARTS) is 1. The van der Waals surface area contributed by atoms with Gasteiger partial charge in [-0.1, -0.05) is 51.9 Å². The Hall–Kier alpha value is -0.530. The standard InChI is InChI=1S/C16H28O2/c1-2-9-15(10-5-3-6-11-15)16(14(17)18)12-7-4-8-13-16/h2-13H2,1H3,(H,17,18). The van der Waals surface area contributed by atoms with Crippen molar-refractivity contribution < 1.29 is 9.90 Å². The maximum atomic E-state index is 12.1. The van der Waals surface area contributed by atoms with E-state index in [1.54, 1.807) is 0 Å². The first-order chi connectivity index (χ1) is 8.67. The zero-order valence-corrected chi connectivity index (χ0v) is 11.8. The number of hydrogen-bond donors (Lipinski definition) is 1. The highest BCUT2D eigenvalue weighted by molar-refractivity contribution is 5.76. The van der Waals surface area contributed by atoms with Gasteiger partial charge in [0.15, 0.2) is 0 Å². The fraction of sp³-hybridized carbons (Fsp3) is 0.938. The summed E-state index contributed by atoms with van der Waals surface area (Å²) in [6, 6.07) is 0. The summed E-state index contributed by atoms with van der Waals surface area (Å²) >= 11 is 0. The van der Waals surface area contributed by atoms with Crippen LogP contribution in [-0.2, 0) is 4.79 Å². The summed E-state index contributed by atoms with van der Waals surface area (Å²) in [5.74, 6) is -0.488. The number of carbonyl (C=O) groups is 1. The van der Waals surface area contributed by atoms with Gasteiger partial charge in [-0.25, -0.2) is 0 Å². The molecule has 0 amide bonds. The average molecular weight is 252 g/mol. The van der Waals surface area contributed by atoms with E-state index < -0.39 is 5.97 Å². The van der Waals surface area contributed by atoms with Crippen molar-refractivity contribution in [1.29, 1.82) is 0 Å². The molecule has 0 aromatic rings. The Bertz CT molecular complexity index is 278. The molecule has 0 atom stereocenters. The summed E-state index contributed by atoms with van der Waals surface area (Å²) in [4.78, 5) is 12.1. The molecule has 1 N–H and O–H groups in total. The van der Waals surface area contributed by atoms with Gasteiger partial charge >= 0.3 is 5.97 Å². The topological polar surface area (TPSA) is 37.3 Å². The third-order valence-electron chi connectivity index (χ3n) is 5.67. The van der Waals surface area contributed by atoms with Crippen LogP contribution in [0.3, 0.4) is 0 Å². The smallest absolute Gasteiger partial charge is 0.310 e. The molecule has 2 aliphatic carbocycles. The highest BCUT2D eigenvalue weighted by Crippen LogP contribution is 2.59. The van der Waals surface area contributed by atoms with Crippen LogP contribution in [0.25, 0.3) is 0 Å². The normalized spacial score (nSPS) is 26.7. The van der Waals surface area contributed by atoms with E-state index in [9.17, 15) is 9.90 Å². The largest absolute Gasteiger partial charge is 0.481 e. The van der Waals surface area contributed by atoms with Gasteiger partial charge in [-0.05, 0) is 37.5 Å². The lowest BCUT2D eigenvalue weighted by molar-refractivity contribution is -0.166. The van der Waals surface area contributed by atoms with Crippen LogP contribution >= 0.6 is 0 Å². The van der Waals surface area contributed by atoms with Crippen LogP contribution in [0.1, 0.15) is 84.0 Å². The number of aliphatic carboxylic acids is 1. The predicted octanol–water partition coefficient (Wildman–Crippen LogP) is 4.77. The number of hydrogen-bond acceptors (Lipinski definition) is 1. The van der Waals surface area contributed by atoms with E-state index in [-0.39, 0.29) is 10.8 Å². The van der Waals surface area contributed by atoms with Crippen molar-refractivity contribution in [1.82, 2.24) is 0 Å². The molecule has 0 unspecified atom stereocenters. The van der Waals surface area contributed by atoms with E-state index in [0.717, 1.165) is 51.4 Å². The van der Waals surface area contributed by atoms with Crippen molar-refractivity contribution in [2.75, 3.05) is 0 Å². The van der Waals surface area contributed by atoms with E-state index in [0.29, 0.717) is 0 Å². The Morgan fingerprint density at radius 3 is 1.89 bits per heavy atom. The minimum absolute atomic E-state index is 0.117. The molecule has 0 spiro atoms. The lowest BCUT2D eigenvalue weighted by atomic mass is 9.51. The molecule has 0 aromatic carbocycles. The summed E-state index contributed by atoms with van der Waals surface area (Å²) in [5, 5.41) is 9.93. The molecule has 2 rings (SSSR count). The Morgan fingerprint density at radius 1 is 0.944 bits per heavy atom. The molecule has 2 aliphatic rings. The minimum Gasteiger partial charge on any atom is -0.481 e. The predicted molar refractivity (Wildman–Crippen MR) is 73.6 cm³/mol. The molecule has 2 fully saturated rings. The van der Waals surface area contributed by atoms with Crippen molar-refractivity contribution in [3.05, 3.63) is 0 Å². The summed E-state index contributed by atoms with van der Waals surface area (Å²) in [7, 11) is 0. The average Bonchev–Trinajstić information content (AvgIpc) is 2.40. The Balaban J connectivity index is 2.32. The van der Waals surface area contributed by atoms with E-state index >= 15 is 0 Å². The second-order valence-corrected chi connectivity index (χ2v) is 6.54. The molecule has 104 valence electrons. The van der Waals surface area contributed by atoms with Crippen molar-refractivity contribution >= 4 is 5.97 Å². The Labute approximate surface area is 111 Å². The molecule has 2 saturated carbocycles. The van der Waals surface area contributed by atoms with Crippen LogP contribution < -0.4 is 0 Å². The second kappa shape index (κ2) is 5.63. The monoisotopic (exact) mass is 252 g/mol. The fourth-order valence-corrected chi connectivity index (χ4v) is 4.80. The van der Waals surface area contributed by atoms with E-state index in [2.05, 4.69) is 6.92 Å². The van der Waals surface area contributed by atoms with Crippen LogP contribution in [0.15, 0.2) is 0 Å². The fourth-order valence-electron chi connectivity index (χ4n) is 4.80. The molecule has 0 aliphatic heterocycles. The van der Waals surface area contributed by atoms with Crippen molar-refractivity contribution in [3.8, 4) is 0 Å². The summed E-state index contributed by atoms with van der Waals surface area (Å²) in [5.41, 5.74) is -0.270. The minimum atomic E-state index is -0.488. The molecular weight excluding hydrogens is 224 g/mol. The van der Waals surface area contributed by atoms with Gasteiger partial charge in [-0.2, -0.15) is 0 Å². The summed E-state index contributed by atoms with van der Waals surface area (Å²) < 4.78 is 0. The molecule has 0 heterocycles. The van der Waals surface area contributed by atoms with Gasteiger partial charge in [0.25, 0.3) is 0 Å². The van der Waals surface area contributed by atoms with Crippen LogP contribution in [0, 0.1) is 10.8 Å². The quantitative estimate of drug-likeness (QED) is 0.782. The molecular formula is C16H28O2. The highest BCUT2D eigenvalue weighted by Gasteiger charge is 2.55. The SMILES string of the molecule is CCCC1(C2(C(=O)O)CCCCC2)CCCCC1. The van der Waals surface area contributed by atoms with Gasteiger partial charge in [0.2, 0.25) is 0 Å². The first kappa shape index (κ1) is 13.9. The van der Waals surface area contributed by atoms with Gasteiger partial charge in [-0.15, -0.1) is 0 Å². The van der Waals surface area contributed by atoms with E-state index in [1.165, 1.54) is 25.7 Å².